The van der Waals surface area contributed by atoms with E-state index < -0.39 is 0 Å². The van der Waals surface area contributed by atoms with Gasteiger partial charge in [0.25, 0.3) is 0 Å². The van der Waals surface area contributed by atoms with Crippen molar-refractivity contribution in [1.82, 2.24) is 14.9 Å². The predicted octanol–water partition coefficient (Wildman–Crippen LogP) is 1.73. The number of hydrogen-bond donors (Lipinski definition) is 1. The lowest BCUT2D eigenvalue weighted by atomic mass is 10.1. The fourth-order valence-electron chi connectivity index (χ4n) is 2.75. The zero-order valence-electron chi connectivity index (χ0n) is 13.9. The third-order valence-electron chi connectivity index (χ3n) is 3.95. The molecule has 1 unspecified atom stereocenters. The highest BCUT2D eigenvalue weighted by Crippen LogP contribution is 2.22. The number of aromatic nitrogens is 2. The van der Waals surface area contributed by atoms with Crippen molar-refractivity contribution < 1.29 is 14.6 Å². The molecule has 0 aliphatic carbocycles. The quantitative estimate of drug-likeness (QED) is 0.870. The van der Waals surface area contributed by atoms with Crippen LogP contribution in [0.3, 0.4) is 0 Å². The largest absolute Gasteiger partial charge is 0.491 e. The Morgan fingerprint density at radius 2 is 2.25 bits per heavy atom. The van der Waals surface area contributed by atoms with Crippen molar-refractivity contribution in [1.29, 1.82) is 0 Å². The van der Waals surface area contributed by atoms with Crippen molar-refractivity contribution in [2.45, 2.75) is 19.6 Å². The average molecular weight is 329 g/mol. The van der Waals surface area contributed by atoms with Crippen LogP contribution in [0.15, 0.2) is 36.7 Å². The van der Waals surface area contributed by atoms with Gasteiger partial charge in [-0.2, -0.15) is 0 Å². The summed E-state index contributed by atoms with van der Waals surface area (Å²) in [5.41, 5.74) is 2.97. The summed E-state index contributed by atoms with van der Waals surface area (Å²) in [5, 5.41) is 8.85. The molecule has 1 N–H and O–H groups in total. The van der Waals surface area contributed by atoms with Crippen molar-refractivity contribution in [3.63, 3.8) is 0 Å². The van der Waals surface area contributed by atoms with E-state index in [9.17, 15) is 0 Å². The van der Waals surface area contributed by atoms with E-state index in [1.165, 1.54) is 5.56 Å². The molecule has 6 nitrogen and oxygen atoms in total. The maximum Gasteiger partial charge on any atom is 0.119 e. The van der Waals surface area contributed by atoms with E-state index in [4.69, 9.17) is 14.6 Å². The van der Waals surface area contributed by atoms with Gasteiger partial charge >= 0.3 is 0 Å². The number of morpholine rings is 1. The molecule has 1 atom stereocenters. The van der Waals surface area contributed by atoms with Gasteiger partial charge in [-0.05, 0) is 24.6 Å². The van der Waals surface area contributed by atoms with Crippen LogP contribution in [0.4, 0.5) is 0 Å². The van der Waals surface area contributed by atoms with Crippen LogP contribution >= 0.6 is 0 Å². The van der Waals surface area contributed by atoms with Gasteiger partial charge < -0.3 is 14.6 Å². The molecule has 0 bridgehead atoms. The van der Waals surface area contributed by atoms with Crippen LogP contribution in [0.25, 0.3) is 0 Å². The first-order valence-corrected chi connectivity index (χ1v) is 8.19. The Bertz CT molecular complexity index is 648. The molecule has 2 heterocycles. The Hall–Kier alpha value is -2.02. The SMILES string of the molecule is Cc1cnc(C2CN(Cc3cccc(OCCO)c3)CCO2)cn1. The molecule has 2 aromatic rings. The van der Waals surface area contributed by atoms with Crippen LogP contribution in [0, 0.1) is 6.92 Å². The molecule has 1 aromatic carbocycles. The van der Waals surface area contributed by atoms with E-state index in [-0.39, 0.29) is 12.7 Å². The molecule has 0 amide bonds. The van der Waals surface area contributed by atoms with Gasteiger partial charge in [0.2, 0.25) is 0 Å². The fourth-order valence-corrected chi connectivity index (χ4v) is 2.75. The molecule has 0 saturated carbocycles. The summed E-state index contributed by atoms with van der Waals surface area (Å²) in [5.74, 6) is 0.788. The van der Waals surface area contributed by atoms with E-state index in [0.29, 0.717) is 13.2 Å². The fraction of sp³-hybridized carbons (Fsp3) is 0.444. The van der Waals surface area contributed by atoms with Crippen molar-refractivity contribution in [2.24, 2.45) is 0 Å². The van der Waals surface area contributed by atoms with Crippen LogP contribution in [-0.2, 0) is 11.3 Å². The maximum atomic E-state index is 8.85. The third kappa shape index (κ3) is 4.50. The zero-order chi connectivity index (χ0) is 16.8. The second kappa shape index (κ2) is 8.19. The summed E-state index contributed by atoms with van der Waals surface area (Å²) in [6, 6.07) is 7.99. The van der Waals surface area contributed by atoms with Gasteiger partial charge in [-0.25, -0.2) is 0 Å². The third-order valence-corrected chi connectivity index (χ3v) is 3.95. The van der Waals surface area contributed by atoms with Crippen molar-refractivity contribution in [3.8, 4) is 5.75 Å². The summed E-state index contributed by atoms with van der Waals surface area (Å²) < 4.78 is 11.3. The van der Waals surface area contributed by atoms with Crippen LogP contribution in [0.2, 0.25) is 0 Å². The van der Waals surface area contributed by atoms with Gasteiger partial charge in [0.05, 0.1) is 30.8 Å². The van der Waals surface area contributed by atoms with Gasteiger partial charge in [0, 0.05) is 25.8 Å². The van der Waals surface area contributed by atoms with E-state index in [1.54, 1.807) is 12.4 Å². The molecule has 0 radical (unpaired) electrons. The first-order chi connectivity index (χ1) is 11.7. The van der Waals surface area contributed by atoms with E-state index >= 15 is 0 Å². The lowest BCUT2D eigenvalue weighted by Crippen LogP contribution is -2.38. The Morgan fingerprint density at radius 3 is 3.04 bits per heavy atom. The standard InChI is InChI=1S/C18H23N3O3/c1-14-10-20-17(11-19-14)18-13-21(5-7-24-18)12-15-3-2-4-16(9-15)23-8-6-22/h2-4,9-11,18,22H,5-8,12-13H2,1H3. The molecular weight excluding hydrogens is 306 g/mol. The number of benzene rings is 1. The molecule has 1 saturated heterocycles. The Balaban J connectivity index is 1.62. The minimum atomic E-state index is -0.0410. The molecule has 24 heavy (non-hydrogen) atoms. The van der Waals surface area contributed by atoms with Gasteiger partial charge in [0.15, 0.2) is 0 Å². The molecular formula is C18H23N3O3. The van der Waals surface area contributed by atoms with Gasteiger partial charge in [-0.3, -0.25) is 14.9 Å². The summed E-state index contributed by atoms with van der Waals surface area (Å²) in [7, 11) is 0. The zero-order valence-corrected chi connectivity index (χ0v) is 13.9. The van der Waals surface area contributed by atoms with Crippen molar-refractivity contribution in [2.75, 3.05) is 32.9 Å². The lowest BCUT2D eigenvalue weighted by Gasteiger charge is -2.32. The summed E-state index contributed by atoms with van der Waals surface area (Å²) in [4.78, 5) is 11.1. The van der Waals surface area contributed by atoms with Crippen LogP contribution in [-0.4, -0.2) is 52.9 Å². The van der Waals surface area contributed by atoms with E-state index in [2.05, 4.69) is 20.9 Å². The molecule has 128 valence electrons. The second-order valence-corrected chi connectivity index (χ2v) is 5.90. The number of nitrogens with zero attached hydrogens (tertiary/aromatic N) is 3. The summed E-state index contributed by atoms with van der Waals surface area (Å²) in [6.07, 6.45) is 3.53. The Kier molecular flexibility index (Phi) is 5.74. The highest BCUT2D eigenvalue weighted by molar-refractivity contribution is 5.28. The van der Waals surface area contributed by atoms with Crippen molar-refractivity contribution >= 4 is 0 Å². The molecule has 3 rings (SSSR count). The van der Waals surface area contributed by atoms with Gasteiger partial charge in [-0.15, -0.1) is 0 Å². The number of aryl methyl sites for hydroxylation is 1. The monoisotopic (exact) mass is 329 g/mol. The van der Waals surface area contributed by atoms with Crippen LogP contribution < -0.4 is 4.74 Å². The van der Waals surface area contributed by atoms with Crippen molar-refractivity contribution in [3.05, 3.63) is 53.6 Å². The topological polar surface area (TPSA) is 67.7 Å². The molecule has 6 heteroatoms. The number of aliphatic hydroxyl groups excluding tert-OH is 1. The van der Waals surface area contributed by atoms with E-state index in [1.807, 2.05) is 25.1 Å². The highest BCUT2D eigenvalue weighted by Gasteiger charge is 2.23. The first-order valence-electron chi connectivity index (χ1n) is 8.19. The predicted molar refractivity (Wildman–Crippen MR) is 89.8 cm³/mol. The Labute approximate surface area is 142 Å². The number of hydrogen-bond acceptors (Lipinski definition) is 6. The summed E-state index contributed by atoms with van der Waals surface area (Å²) >= 11 is 0. The average Bonchev–Trinajstić information content (AvgIpc) is 2.61. The highest BCUT2D eigenvalue weighted by atomic mass is 16.5. The van der Waals surface area contributed by atoms with Gasteiger partial charge in [-0.1, -0.05) is 12.1 Å². The van der Waals surface area contributed by atoms with Crippen LogP contribution in [0.5, 0.6) is 5.75 Å². The first kappa shape index (κ1) is 16.8. The molecule has 1 aliphatic heterocycles. The number of ether oxygens (including phenoxy) is 2. The molecule has 1 aromatic heterocycles. The second-order valence-electron chi connectivity index (χ2n) is 5.90. The molecule has 1 aliphatic rings. The number of aliphatic hydroxyl groups is 1. The molecule has 1 fully saturated rings. The number of rotatable bonds is 6. The normalized spacial score (nSPS) is 18.5. The minimum Gasteiger partial charge on any atom is -0.491 e. The Morgan fingerprint density at radius 1 is 1.33 bits per heavy atom. The van der Waals surface area contributed by atoms with Gasteiger partial charge in [0.1, 0.15) is 18.5 Å². The summed E-state index contributed by atoms with van der Waals surface area (Å²) in [6.45, 7) is 5.45. The lowest BCUT2D eigenvalue weighted by molar-refractivity contribution is -0.0351. The van der Waals surface area contributed by atoms with Crippen LogP contribution in [0.1, 0.15) is 23.1 Å². The molecule has 0 spiro atoms. The minimum absolute atomic E-state index is 0.0208. The maximum absolute atomic E-state index is 8.85. The smallest absolute Gasteiger partial charge is 0.119 e. The van der Waals surface area contributed by atoms with E-state index in [0.717, 1.165) is 36.8 Å².